The summed E-state index contributed by atoms with van der Waals surface area (Å²) in [6.45, 7) is 5.63. The summed E-state index contributed by atoms with van der Waals surface area (Å²) in [5, 5.41) is 8.75. The van der Waals surface area contributed by atoms with Crippen molar-refractivity contribution in [1.82, 2.24) is 0 Å². The van der Waals surface area contributed by atoms with Gasteiger partial charge in [0.1, 0.15) is 12.4 Å². The van der Waals surface area contributed by atoms with Crippen molar-refractivity contribution in [2.75, 3.05) is 25.1 Å². The summed E-state index contributed by atoms with van der Waals surface area (Å²) in [4.78, 5) is 2.18. The Morgan fingerprint density at radius 3 is 2.24 bits per heavy atom. The van der Waals surface area contributed by atoms with Gasteiger partial charge in [0, 0.05) is 12.7 Å². The molecule has 3 heteroatoms. The molecule has 0 radical (unpaired) electrons. The van der Waals surface area contributed by atoms with Crippen molar-refractivity contribution in [1.29, 1.82) is 5.26 Å². The lowest BCUT2D eigenvalue weighted by atomic mass is 10.1. The number of ether oxygens (including phenoxy) is 1. The van der Waals surface area contributed by atoms with Crippen molar-refractivity contribution in [3.8, 4) is 11.8 Å². The zero-order valence-corrected chi connectivity index (χ0v) is 12.8. The quantitative estimate of drug-likeness (QED) is 0.838. The normalized spacial score (nSPS) is 10.0. The van der Waals surface area contributed by atoms with E-state index >= 15 is 0 Å². The molecular weight excluding hydrogens is 260 g/mol. The molecule has 0 N–H and O–H groups in total. The highest BCUT2D eigenvalue weighted by Crippen LogP contribution is 2.17. The standard InChI is InChI=1S/C18H20N2O/c1-14-10-15(2)12-17(11-14)20(3)8-9-21-18-6-4-16(13-19)5-7-18/h4-7,10-12H,8-9H2,1-3H3. The van der Waals surface area contributed by atoms with Gasteiger partial charge in [-0.3, -0.25) is 0 Å². The Kier molecular flexibility index (Phi) is 4.84. The zero-order valence-electron chi connectivity index (χ0n) is 12.8. The van der Waals surface area contributed by atoms with E-state index in [0.29, 0.717) is 12.2 Å². The number of rotatable bonds is 5. The minimum atomic E-state index is 0.607. The van der Waals surface area contributed by atoms with Crippen LogP contribution in [0.4, 0.5) is 5.69 Å². The molecule has 2 aromatic carbocycles. The molecule has 2 aromatic rings. The molecular formula is C18H20N2O. The lowest BCUT2D eigenvalue weighted by Gasteiger charge is -2.20. The lowest BCUT2D eigenvalue weighted by molar-refractivity contribution is 0.326. The van der Waals surface area contributed by atoms with Crippen molar-refractivity contribution in [2.45, 2.75) is 13.8 Å². The highest BCUT2D eigenvalue weighted by atomic mass is 16.5. The lowest BCUT2D eigenvalue weighted by Crippen LogP contribution is -2.23. The van der Waals surface area contributed by atoms with Crippen LogP contribution in [0.25, 0.3) is 0 Å². The van der Waals surface area contributed by atoms with E-state index < -0.39 is 0 Å². The fourth-order valence-corrected chi connectivity index (χ4v) is 2.23. The van der Waals surface area contributed by atoms with Crippen LogP contribution in [0.2, 0.25) is 0 Å². The van der Waals surface area contributed by atoms with Crippen molar-refractivity contribution in [3.63, 3.8) is 0 Å². The molecule has 0 atom stereocenters. The van der Waals surface area contributed by atoms with Crippen LogP contribution in [0, 0.1) is 25.2 Å². The molecule has 0 unspecified atom stereocenters. The van der Waals surface area contributed by atoms with Crippen LogP contribution >= 0.6 is 0 Å². The smallest absolute Gasteiger partial charge is 0.119 e. The van der Waals surface area contributed by atoms with E-state index in [1.54, 1.807) is 12.1 Å². The van der Waals surface area contributed by atoms with E-state index in [2.05, 4.69) is 50.1 Å². The molecule has 2 rings (SSSR count). The van der Waals surface area contributed by atoms with Crippen LogP contribution < -0.4 is 9.64 Å². The molecule has 0 aliphatic carbocycles. The van der Waals surface area contributed by atoms with Crippen molar-refractivity contribution in [2.24, 2.45) is 0 Å². The second-order valence-corrected chi connectivity index (χ2v) is 5.25. The maximum Gasteiger partial charge on any atom is 0.119 e. The summed E-state index contributed by atoms with van der Waals surface area (Å²) < 4.78 is 5.71. The number of likely N-dealkylation sites (N-methyl/N-ethyl adjacent to an activating group) is 1. The summed E-state index contributed by atoms with van der Waals surface area (Å²) in [5.74, 6) is 0.794. The molecule has 0 fully saturated rings. The number of benzene rings is 2. The van der Waals surface area contributed by atoms with Gasteiger partial charge in [-0.05, 0) is 61.4 Å². The highest BCUT2D eigenvalue weighted by Gasteiger charge is 2.03. The fraction of sp³-hybridized carbons (Fsp3) is 0.278. The van der Waals surface area contributed by atoms with Crippen LogP contribution in [0.3, 0.4) is 0 Å². The highest BCUT2D eigenvalue weighted by molar-refractivity contribution is 5.50. The van der Waals surface area contributed by atoms with E-state index in [0.717, 1.165) is 12.3 Å². The van der Waals surface area contributed by atoms with Gasteiger partial charge in [0.15, 0.2) is 0 Å². The van der Waals surface area contributed by atoms with Gasteiger partial charge in [0.2, 0.25) is 0 Å². The van der Waals surface area contributed by atoms with E-state index in [4.69, 9.17) is 10.00 Å². The molecule has 0 spiro atoms. The van der Waals surface area contributed by atoms with Gasteiger partial charge in [0.25, 0.3) is 0 Å². The molecule has 21 heavy (non-hydrogen) atoms. The minimum Gasteiger partial charge on any atom is -0.492 e. The number of aryl methyl sites for hydroxylation is 2. The molecule has 0 saturated carbocycles. The predicted octanol–water partition coefficient (Wildman–Crippen LogP) is 3.69. The summed E-state index contributed by atoms with van der Waals surface area (Å²) in [5.41, 5.74) is 4.39. The van der Waals surface area contributed by atoms with E-state index in [9.17, 15) is 0 Å². The van der Waals surface area contributed by atoms with Crippen LogP contribution in [0.5, 0.6) is 5.75 Å². The number of nitriles is 1. The van der Waals surface area contributed by atoms with Crippen LogP contribution in [-0.4, -0.2) is 20.2 Å². The summed E-state index contributed by atoms with van der Waals surface area (Å²) >= 11 is 0. The van der Waals surface area contributed by atoms with Gasteiger partial charge in [0.05, 0.1) is 18.2 Å². The number of anilines is 1. The first-order valence-electron chi connectivity index (χ1n) is 7.01. The Hall–Kier alpha value is -2.47. The van der Waals surface area contributed by atoms with E-state index in [1.807, 2.05) is 12.1 Å². The molecule has 0 aliphatic heterocycles. The summed E-state index contributed by atoms with van der Waals surface area (Å²) in [7, 11) is 2.07. The first kappa shape index (κ1) is 14.9. The first-order chi connectivity index (χ1) is 10.1. The summed E-state index contributed by atoms with van der Waals surface area (Å²) in [6, 6.07) is 15.8. The van der Waals surface area contributed by atoms with Gasteiger partial charge < -0.3 is 9.64 Å². The third-order valence-electron chi connectivity index (χ3n) is 3.33. The third-order valence-corrected chi connectivity index (χ3v) is 3.33. The van der Waals surface area contributed by atoms with E-state index in [-0.39, 0.29) is 0 Å². The topological polar surface area (TPSA) is 36.3 Å². The predicted molar refractivity (Wildman–Crippen MR) is 85.8 cm³/mol. The maximum atomic E-state index is 8.75. The molecule has 0 aliphatic rings. The van der Waals surface area contributed by atoms with Crippen LogP contribution in [0.1, 0.15) is 16.7 Å². The number of nitrogens with zero attached hydrogens (tertiary/aromatic N) is 2. The van der Waals surface area contributed by atoms with Crippen LogP contribution in [-0.2, 0) is 0 Å². The molecule has 0 bridgehead atoms. The molecule has 0 heterocycles. The Morgan fingerprint density at radius 2 is 1.67 bits per heavy atom. The van der Waals surface area contributed by atoms with Gasteiger partial charge in [-0.1, -0.05) is 6.07 Å². The van der Waals surface area contributed by atoms with Crippen LogP contribution in [0.15, 0.2) is 42.5 Å². The third kappa shape index (κ3) is 4.25. The first-order valence-corrected chi connectivity index (χ1v) is 7.01. The Balaban J connectivity index is 1.88. The van der Waals surface area contributed by atoms with Crippen molar-refractivity contribution < 1.29 is 4.74 Å². The Labute approximate surface area is 126 Å². The Morgan fingerprint density at radius 1 is 1.05 bits per heavy atom. The molecule has 0 aromatic heterocycles. The van der Waals surface area contributed by atoms with Gasteiger partial charge in [-0.2, -0.15) is 5.26 Å². The Bertz CT molecular complexity index is 621. The SMILES string of the molecule is Cc1cc(C)cc(N(C)CCOc2ccc(C#N)cc2)c1. The fourth-order valence-electron chi connectivity index (χ4n) is 2.23. The molecule has 0 amide bonds. The maximum absolute atomic E-state index is 8.75. The van der Waals surface area contributed by atoms with Crippen molar-refractivity contribution in [3.05, 3.63) is 59.2 Å². The molecule has 0 saturated heterocycles. The van der Waals surface area contributed by atoms with Crippen molar-refractivity contribution >= 4 is 5.69 Å². The number of hydrogen-bond donors (Lipinski definition) is 0. The minimum absolute atomic E-state index is 0.607. The molecule has 3 nitrogen and oxygen atoms in total. The average molecular weight is 280 g/mol. The van der Waals surface area contributed by atoms with Gasteiger partial charge >= 0.3 is 0 Å². The van der Waals surface area contributed by atoms with Gasteiger partial charge in [-0.15, -0.1) is 0 Å². The zero-order chi connectivity index (χ0) is 15.2. The van der Waals surface area contributed by atoms with Gasteiger partial charge in [-0.25, -0.2) is 0 Å². The second-order valence-electron chi connectivity index (χ2n) is 5.25. The molecule has 108 valence electrons. The largest absolute Gasteiger partial charge is 0.492 e. The summed E-state index contributed by atoms with van der Waals surface area (Å²) in [6.07, 6.45) is 0. The number of hydrogen-bond acceptors (Lipinski definition) is 3. The second kappa shape index (κ2) is 6.81. The average Bonchev–Trinajstić information content (AvgIpc) is 2.47. The van der Waals surface area contributed by atoms with E-state index in [1.165, 1.54) is 16.8 Å². The monoisotopic (exact) mass is 280 g/mol.